The van der Waals surface area contributed by atoms with E-state index in [-0.39, 0.29) is 0 Å². The number of nitrogens with zero attached hydrogens (tertiary/aromatic N) is 1. The van der Waals surface area contributed by atoms with Crippen LogP contribution in [0.4, 0.5) is 5.69 Å². The van der Waals surface area contributed by atoms with E-state index in [9.17, 15) is 0 Å². The van der Waals surface area contributed by atoms with E-state index in [1.165, 1.54) is 27.8 Å². The molecule has 0 bridgehead atoms. The predicted octanol–water partition coefficient (Wildman–Crippen LogP) is 6.92. The van der Waals surface area contributed by atoms with Crippen LogP contribution in [0.5, 0.6) is 0 Å². The smallest absolute Gasteiger partial charge is 0.0662 e. The molecule has 0 radical (unpaired) electrons. The lowest BCUT2D eigenvalue weighted by Crippen LogP contribution is -2.12. The molecule has 0 aliphatic rings. The van der Waals surface area contributed by atoms with Crippen molar-refractivity contribution >= 4 is 37.5 Å². The Labute approximate surface area is 160 Å². The molecule has 0 saturated heterocycles. The molecule has 3 aromatic carbocycles. The summed E-state index contributed by atoms with van der Waals surface area (Å²) in [6.07, 6.45) is 0. The molecule has 24 heavy (non-hydrogen) atoms. The third-order valence-corrected chi connectivity index (χ3v) is 5.72. The van der Waals surface area contributed by atoms with Crippen molar-refractivity contribution in [2.45, 2.75) is 6.92 Å². The van der Waals surface area contributed by atoms with Gasteiger partial charge in [0.2, 0.25) is 0 Å². The fourth-order valence-corrected chi connectivity index (χ4v) is 5.50. The summed E-state index contributed by atoms with van der Waals surface area (Å²) in [5.41, 5.74) is 7.32. The summed E-state index contributed by atoms with van der Waals surface area (Å²) >= 11 is 7.71. The molecule has 1 nitrogen and oxygen atoms in total. The molecule has 0 aromatic heterocycles. The molecule has 3 rings (SSSR count). The highest BCUT2D eigenvalue weighted by Crippen LogP contribution is 2.48. The average molecular weight is 445 g/mol. The number of anilines is 1. The Morgan fingerprint density at radius 1 is 0.667 bits per heavy atom. The lowest BCUT2D eigenvalue weighted by molar-refractivity contribution is 1.11. The van der Waals surface area contributed by atoms with Gasteiger partial charge in [-0.3, -0.25) is 0 Å². The lowest BCUT2D eigenvalue weighted by Gasteiger charge is -2.25. The van der Waals surface area contributed by atoms with E-state index in [4.69, 9.17) is 0 Å². The minimum Gasteiger partial charge on any atom is -0.376 e. The molecule has 0 N–H and O–H groups in total. The Bertz CT molecular complexity index is 790. The molecule has 3 heteroatoms. The van der Waals surface area contributed by atoms with E-state index >= 15 is 0 Å². The average Bonchev–Trinajstić information content (AvgIpc) is 2.56. The van der Waals surface area contributed by atoms with Crippen LogP contribution in [0.1, 0.15) is 5.56 Å². The summed E-state index contributed by atoms with van der Waals surface area (Å²) in [7, 11) is 4.15. The standard InChI is InChI=1S/C21H19Br2N/c1-14-17(15-10-6-4-7-11-15)19(22)21(24(2)3)20(23)18(14)16-12-8-5-9-13-16/h4-13H,1-3H3. The number of rotatable bonds is 3. The van der Waals surface area contributed by atoms with Crippen molar-refractivity contribution in [1.29, 1.82) is 0 Å². The molecule has 0 amide bonds. The van der Waals surface area contributed by atoms with Gasteiger partial charge in [0.25, 0.3) is 0 Å². The minimum atomic E-state index is 1.11. The van der Waals surface area contributed by atoms with Crippen molar-refractivity contribution < 1.29 is 0 Å². The minimum absolute atomic E-state index is 1.11. The summed E-state index contributed by atoms with van der Waals surface area (Å²) in [6.45, 7) is 2.19. The van der Waals surface area contributed by atoms with E-state index < -0.39 is 0 Å². The van der Waals surface area contributed by atoms with Gasteiger partial charge in [-0.1, -0.05) is 60.7 Å². The summed E-state index contributed by atoms with van der Waals surface area (Å²) in [4.78, 5) is 2.15. The van der Waals surface area contributed by atoms with Crippen LogP contribution < -0.4 is 4.90 Å². The van der Waals surface area contributed by atoms with Gasteiger partial charge in [-0.05, 0) is 55.5 Å². The Hall–Kier alpha value is -1.58. The first-order chi connectivity index (χ1) is 11.5. The van der Waals surface area contributed by atoms with E-state index in [0.717, 1.165) is 14.6 Å². The Morgan fingerprint density at radius 3 is 1.38 bits per heavy atom. The highest BCUT2D eigenvalue weighted by atomic mass is 79.9. The quantitative estimate of drug-likeness (QED) is 0.423. The second-order valence-electron chi connectivity index (χ2n) is 5.98. The van der Waals surface area contributed by atoms with E-state index in [1.807, 2.05) is 0 Å². The molecule has 0 aliphatic heterocycles. The highest BCUT2D eigenvalue weighted by Gasteiger charge is 2.22. The third-order valence-electron chi connectivity index (χ3n) is 4.18. The van der Waals surface area contributed by atoms with Gasteiger partial charge < -0.3 is 4.90 Å². The molecular formula is C21H19Br2N. The van der Waals surface area contributed by atoms with Gasteiger partial charge in [-0.15, -0.1) is 0 Å². The van der Waals surface area contributed by atoms with Crippen LogP contribution in [0, 0.1) is 6.92 Å². The zero-order valence-electron chi connectivity index (χ0n) is 14.0. The largest absolute Gasteiger partial charge is 0.376 e. The monoisotopic (exact) mass is 443 g/mol. The molecular weight excluding hydrogens is 426 g/mol. The topological polar surface area (TPSA) is 3.24 Å². The van der Waals surface area contributed by atoms with Crippen molar-refractivity contribution in [2.75, 3.05) is 19.0 Å². The zero-order chi connectivity index (χ0) is 17.3. The van der Waals surface area contributed by atoms with Crippen LogP contribution in [0.3, 0.4) is 0 Å². The summed E-state index contributed by atoms with van der Waals surface area (Å²) in [6, 6.07) is 21.1. The Balaban J connectivity index is 2.41. The number of hydrogen-bond donors (Lipinski definition) is 0. The van der Waals surface area contributed by atoms with Crippen LogP contribution in [-0.4, -0.2) is 14.1 Å². The molecule has 0 heterocycles. The van der Waals surface area contributed by atoms with Crippen LogP contribution in [-0.2, 0) is 0 Å². The summed E-state index contributed by atoms with van der Waals surface area (Å²) in [5.74, 6) is 0. The number of benzene rings is 3. The number of hydrogen-bond acceptors (Lipinski definition) is 1. The van der Waals surface area contributed by atoms with Crippen LogP contribution >= 0.6 is 31.9 Å². The second-order valence-corrected chi connectivity index (χ2v) is 7.56. The molecule has 0 fully saturated rings. The Morgan fingerprint density at radius 2 is 1.04 bits per heavy atom. The predicted molar refractivity (Wildman–Crippen MR) is 112 cm³/mol. The third kappa shape index (κ3) is 3.03. The molecule has 0 saturated carbocycles. The van der Waals surface area contributed by atoms with Gasteiger partial charge in [0.05, 0.1) is 14.6 Å². The van der Waals surface area contributed by atoms with Gasteiger partial charge >= 0.3 is 0 Å². The maximum atomic E-state index is 3.86. The summed E-state index contributed by atoms with van der Waals surface area (Å²) in [5, 5.41) is 0. The van der Waals surface area contributed by atoms with Crippen molar-refractivity contribution in [1.82, 2.24) is 0 Å². The molecule has 0 unspecified atom stereocenters. The second kappa shape index (κ2) is 7.12. The summed E-state index contributed by atoms with van der Waals surface area (Å²) < 4.78 is 2.23. The van der Waals surface area contributed by atoms with Gasteiger partial charge in [-0.2, -0.15) is 0 Å². The number of halogens is 2. The fourth-order valence-electron chi connectivity index (χ4n) is 3.08. The molecule has 0 atom stereocenters. The maximum absolute atomic E-state index is 3.86. The van der Waals surface area contributed by atoms with Gasteiger partial charge in [0.15, 0.2) is 0 Å². The van der Waals surface area contributed by atoms with Crippen molar-refractivity contribution in [3.63, 3.8) is 0 Å². The SMILES string of the molecule is Cc1c(-c2ccccc2)c(Br)c(N(C)C)c(Br)c1-c1ccccc1. The molecule has 122 valence electrons. The Kier molecular flexibility index (Phi) is 5.12. The van der Waals surface area contributed by atoms with E-state index in [2.05, 4.69) is 118 Å². The lowest BCUT2D eigenvalue weighted by atomic mass is 9.91. The van der Waals surface area contributed by atoms with Crippen molar-refractivity contribution in [2.24, 2.45) is 0 Å². The zero-order valence-corrected chi connectivity index (χ0v) is 17.1. The van der Waals surface area contributed by atoms with Crippen molar-refractivity contribution in [3.05, 3.63) is 75.2 Å². The van der Waals surface area contributed by atoms with Crippen LogP contribution in [0.2, 0.25) is 0 Å². The first-order valence-corrected chi connectivity index (χ1v) is 9.40. The van der Waals surface area contributed by atoms with Gasteiger partial charge in [0.1, 0.15) is 0 Å². The van der Waals surface area contributed by atoms with Crippen LogP contribution in [0.25, 0.3) is 22.3 Å². The molecule has 0 aliphatic carbocycles. The van der Waals surface area contributed by atoms with Crippen LogP contribution in [0.15, 0.2) is 69.6 Å². The van der Waals surface area contributed by atoms with Crippen molar-refractivity contribution in [3.8, 4) is 22.3 Å². The highest BCUT2D eigenvalue weighted by molar-refractivity contribution is 9.11. The van der Waals surface area contributed by atoms with E-state index in [1.54, 1.807) is 0 Å². The molecule has 3 aromatic rings. The first-order valence-electron chi connectivity index (χ1n) is 7.82. The van der Waals surface area contributed by atoms with E-state index in [0.29, 0.717) is 0 Å². The normalized spacial score (nSPS) is 10.7. The van der Waals surface area contributed by atoms with Gasteiger partial charge in [0, 0.05) is 25.2 Å². The maximum Gasteiger partial charge on any atom is 0.0662 e. The van der Waals surface area contributed by atoms with Gasteiger partial charge in [-0.25, -0.2) is 0 Å². The fraction of sp³-hybridized carbons (Fsp3) is 0.143. The molecule has 0 spiro atoms. The first kappa shape index (κ1) is 17.2.